The lowest BCUT2D eigenvalue weighted by atomic mass is 9.96. The zero-order valence-electron chi connectivity index (χ0n) is 11.4. The van der Waals surface area contributed by atoms with E-state index in [0.717, 1.165) is 5.56 Å². The number of carbonyl (C=O) groups excluding carboxylic acids is 1. The van der Waals surface area contributed by atoms with Crippen LogP contribution in [0.4, 0.5) is 5.69 Å². The van der Waals surface area contributed by atoms with Gasteiger partial charge < -0.3 is 10.4 Å². The van der Waals surface area contributed by atoms with Crippen LogP contribution in [0.3, 0.4) is 0 Å². The number of nitrogens with one attached hydrogen (secondary N) is 1. The molecular formula is C15H21NO2. The highest BCUT2D eigenvalue weighted by Gasteiger charge is 2.09. The molecule has 0 bridgehead atoms. The fourth-order valence-electron chi connectivity index (χ4n) is 1.48. The molecule has 1 rings (SSSR count). The molecule has 1 aromatic rings. The molecule has 0 aliphatic carbocycles. The number of hydrogen-bond donors (Lipinski definition) is 2. The predicted octanol–water partition coefficient (Wildman–Crippen LogP) is 3.28. The Labute approximate surface area is 109 Å². The smallest absolute Gasteiger partial charge is 0.248 e. The van der Waals surface area contributed by atoms with Gasteiger partial charge in [0.05, 0.1) is 6.10 Å². The van der Waals surface area contributed by atoms with Crippen LogP contribution in [-0.4, -0.2) is 11.0 Å². The quantitative estimate of drug-likeness (QED) is 0.805. The summed E-state index contributed by atoms with van der Waals surface area (Å²) in [6, 6.07) is 7.25. The number of benzene rings is 1. The van der Waals surface area contributed by atoms with Crippen LogP contribution in [0.2, 0.25) is 0 Å². The number of hydrogen-bond acceptors (Lipinski definition) is 2. The fraction of sp³-hybridized carbons (Fsp3) is 0.400. The maximum atomic E-state index is 11.8. The summed E-state index contributed by atoms with van der Waals surface area (Å²) in [5.41, 5.74) is 1.34. The summed E-state index contributed by atoms with van der Waals surface area (Å²) >= 11 is 0. The number of rotatable bonds is 3. The molecule has 0 radical (unpaired) electrons. The molecule has 98 valence electrons. The molecule has 0 heterocycles. The average Bonchev–Trinajstić information content (AvgIpc) is 2.26. The molecular weight excluding hydrogens is 226 g/mol. The van der Waals surface area contributed by atoms with Crippen LogP contribution in [-0.2, 0) is 4.79 Å². The Morgan fingerprint density at radius 2 is 1.94 bits per heavy atom. The van der Waals surface area contributed by atoms with Gasteiger partial charge >= 0.3 is 0 Å². The van der Waals surface area contributed by atoms with Crippen LogP contribution in [0.25, 0.3) is 0 Å². The lowest BCUT2D eigenvalue weighted by Gasteiger charge is -2.13. The Morgan fingerprint density at radius 1 is 1.33 bits per heavy atom. The topological polar surface area (TPSA) is 49.3 Å². The molecule has 0 aliphatic heterocycles. The van der Waals surface area contributed by atoms with Crippen molar-refractivity contribution in [1.82, 2.24) is 0 Å². The Kier molecular flexibility index (Phi) is 4.68. The van der Waals surface area contributed by atoms with Crippen molar-refractivity contribution in [2.45, 2.75) is 33.8 Å². The monoisotopic (exact) mass is 247 g/mol. The molecule has 0 aliphatic rings. The molecule has 3 nitrogen and oxygen atoms in total. The van der Waals surface area contributed by atoms with E-state index in [1.807, 2.05) is 39.0 Å². The second kappa shape index (κ2) is 5.83. The third-order valence-corrected chi connectivity index (χ3v) is 2.40. The van der Waals surface area contributed by atoms with Gasteiger partial charge in [0, 0.05) is 11.3 Å². The second-order valence-electron chi connectivity index (χ2n) is 5.45. The highest BCUT2D eigenvalue weighted by Crippen LogP contribution is 2.22. The van der Waals surface area contributed by atoms with Crippen LogP contribution in [0.5, 0.6) is 0 Å². The van der Waals surface area contributed by atoms with E-state index in [1.165, 1.54) is 6.08 Å². The molecule has 0 fully saturated rings. The van der Waals surface area contributed by atoms with Crippen LogP contribution in [0, 0.1) is 5.41 Å². The van der Waals surface area contributed by atoms with Crippen molar-refractivity contribution < 1.29 is 9.90 Å². The van der Waals surface area contributed by atoms with E-state index in [0.29, 0.717) is 5.69 Å². The minimum absolute atomic E-state index is 0.0267. The third kappa shape index (κ3) is 4.72. The molecule has 0 saturated heterocycles. The summed E-state index contributed by atoms with van der Waals surface area (Å²) in [5.74, 6) is -0.182. The molecule has 1 amide bonds. The first-order valence-corrected chi connectivity index (χ1v) is 6.07. The van der Waals surface area contributed by atoms with Gasteiger partial charge in [0.25, 0.3) is 0 Å². The van der Waals surface area contributed by atoms with Crippen molar-refractivity contribution in [2.75, 3.05) is 5.32 Å². The van der Waals surface area contributed by atoms with E-state index < -0.39 is 6.10 Å². The van der Waals surface area contributed by atoms with Gasteiger partial charge in [-0.25, -0.2) is 0 Å². The Hall–Kier alpha value is -1.61. The van der Waals surface area contributed by atoms with E-state index in [2.05, 4.69) is 5.32 Å². The van der Waals surface area contributed by atoms with E-state index in [-0.39, 0.29) is 11.3 Å². The molecule has 0 spiro atoms. The van der Waals surface area contributed by atoms with Crippen molar-refractivity contribution in [3.05, 3.63) is 42.0 Å². The van der Waals surface area contributed by atoms with E-state index >= 15 is 0 Å². The molecule has 1 aromatic carbocycles. The van der Waals surface area contributed by atoms with Gasteiger partial charge in [-0.1, -0.05) is 45.0 Å². The molecule has 0 aromatic heterocycles. The van der Waals surface area contributed by atoms with Crippen LogP contribution in [0.15, 0.2) is 36.4 Å². The minimum Gasteiger partial charge on any atom is -0.389 e. The van der Waals surface area contributed by atoms with Crippen molar-refractivity contribution >= 4 is 11.6 Å². The van der Waals surface area contributed by atoms with Gasteiger partial charge in [0.15, 0.2) is 0 Å². The van der Waals surface area contributed by atoms with Crippen molar-refractivity contribution in [3.63, 3.8) is 0 Å². The first kappa shape index (κ1) is 14.5. The van der Waals surface area contributed by atoms with Gasteiger partial charge in [-0.05, 0) is 24.5 Å². The Balaban J connectivity index is 2.80. The number of carbonyl (C=O) groups is 1. The first-order chi connectivity index (χ1) is 8.29. The van der Waals surface area contributed by atoms with Crippen molar-refractivity contribution in [1.29, 1.82) is 0 Å². The molecule has 1 unspecified atom stereocenters. The van der Waals surface area contributed by atoms with Crippen LogP contribution >= 0.6 is 0 Å². The number of aliphatic hydroxyl groups excluding tert-OH is 1. The molecule has 18 heavy (non-hydrogen) atoms. The summed E-state index contributed by atoms with van der Waals surface area (Å²) in [6.07, 6.45) is 2.78. The maximum Gasteiger partial charge on any atom is 0.248 e. The van der Waals surface area contributed by atoms with Crippen molar-refractivity contribution in [2.24, 2.45) is 5.41 Å². The van der Waals surface area contributed by atoms with Gasteiger partial charge in [0.2, 0.25) is 5.91 Å². The summed E-state index contributed by atoms with van der Waals surface area (Å²) in [4.78, 5) is 11.8. The second-order valence-corrected chi connectivity index (χ2v) is 5.45. The SMILES string of the molecule is CC(O)c1ccccc1NC(=O)/C=C/C(C)(C)C. The zero-order chi connectivity index (χ0) is 13.8. The van der Waals surface area contributed by atoms with Gasteiger partial charge in [-0.2, -0.15) is 0 Å². The zero-order valence-corrected chi connectivity index (χ0v) is 11.4. The third-order valence-electron chi connectivity index (χ3n) is 2.40. The highest BCUT2D eigenvalue weighted by atomic mass is 16.3. The van der Waals surface area contributed by atoms with Gasteiger partial charge in [0.1, 0.15) is 0 Å². The van der Waals surface area contributed by atoms with Crippen molar-refractivity contribution in [3.8, 4) is 0 Å². The highest BCUT2D eigenvalue weighted by molar-refractivity contribution is 5.99. The lowest BCUT2D eigenvalue weighted by molar-refractivity contribution is -0.112. The van der Waals surface area contributed by atoms with Crippen LogP contribution in [0.1, 0.15) is 39.4 Å². The standard InChI is InChI=1S/C15H21NO2/c1-11(17)12-7-5-6-8-13(12)16-14(18)9-10-15(2,3)4/h5-11,17H,1-4H3,(H,16,18)/b10-9+. The Bertz CT molecular complexity index is 442. The Morgan fingerprint density at radius 3 is 2.50 bits per heavy atom. The summed E-state index contributed by atoms with van der Waals surface area (Å²) in [7, 11) is 0. The predicted molar refractivity (Wildman–Crippen MR) is 74.3 cm³/mol. The first-order valence-electron chi connectivity index (χ1n) is 6.07. The summed E-state index contributed by atoms with van der Waals surface area (Å²) < 4.78 is 0. The van der Waals surface area contributed by atoms with Crippen LogP contribution < -0.4 is 5.32 Å². The maximum absolute atomic E-state index is 11.8. The number of aliphatic hydroxyl groups is 1. The number of para-hydroxylation sites is 1. The number of anilines is 1. The largest absolute Gasteiger partial charge is 0.389 e. The molecule has 0 saturated carbocycles. The van der Waals surface area contributed by atoms with E-state index in [1.54, 1.807) is 19.1 Å². The van der Waals surface area contributed by atoms with E-state index in [4.69, 9.17) is 0 Å². The lowest BCUT2D eigenvalue weighted by Crippen LogP contribution is -2.12. The normalized spacial score (nSPS) is 13.6. The number of allylic oxidation sites excluding steroid dienone is 1. The molecule has 1 atom stereocenters. The molecule has 3 heteroatoms. The fourth-order valence-corrected chi connectivity index (χ4v) is 1.48. The molecule has 2 N–H and O–H groups in total. The average molecular weight is 247 g/mol. The van der Waals surface area contributed by atoms with E-state index in [9.17, 15) is 9.90 Å². The summed E-state index contributed by atoms with van der Waals surface area (Å²) in [6.45, 7) is 7.76. The summed E-state index contributed by atoms with van der Waals surface area (Å²) in [5, 5.41) is 12.4. The van der Waals surface area contributed by atoms with Gasteiger partial charge in [-0.3, -0.25) is 4.79 Å². The minimum atomic E-state index is -0.604. The van der Waals surface area contributed by atoms with Gasteiger partial charge in [-0.15, -0.1) is 0 Å². The number of amides is 1.